The van der Waals surface area contributed by atoms with Crippen LogP contribution < -0.4 is 10.3 Å². The number of benzene rings is 2. The molecule has 2 aromatic heterocycles. The molecule has 0 bridgehead atoms. The molecule has 0 aliphatic carbocycles. The van der Waals surface area contributed by atoms with Crippen LogP contribution in [0.5, 0.6) is 11.6 Å². The highest BCUT2D eigenvalue weighted by Gasteiger charge is 2.17. The Hall–Kier alpha value is -2.67. The zero-order chi connectivity index (χ0) is 19.8. The lowest BCUT2D eigenvalue weighted by Gasteiger charge is -2.11. The first-order valence-electron chi connectivity index (χ1n) is 7.90. The summed E-state index contributed by atoms with van der Waals surface area (Å²) in [6.45, 7) is 0. The zero-order valence-electron chi connectivity index (χ0n) is 13.9. The Balaban J connectivity index is 1.84. The maximum Gasteiger partial charge on any atom is 0.281 e. The minimum Gasteiger partial charge on any atom is -0.436 e. The number of aromatic nitrogens is 3. The van der Waals surface area contributed by atoms with Crippen LogP contribution in [-0.2, 0) is 0 Å². The number of nitrogens with zero attached hydrogens (tertiary/aromatic N) is 3. The highest BCUT2D eigenvalue weighted by molar-refractivity contribution is 6.39. The van der Waals surface area contributed by atoms with Gasteiger partial charge in [-0.05, 0) is 36.4 Å². The summed E-state index contributed by atoms with van der Waals surface area (Å²) in [7, 11) is 0. The van der Waals surface area contributed by atoms with Crippen molar-refractivity contribution in [2.75, 3.05) is 0 Å². The first kappa shape index (κ1) is 18.7. The number of hydrogen-bond acceptors (Lipinski definition) is 4. The number of fused-ring (bicyclic) bond motifs is 1. The van der Waals surface area contributed by atoms with E-state index in [2.05, 4.69) is 10.1 Å². The molecule has 140 valence electrons. The number of ether oxygens (including phenoxy) is 1. The molecule has 0 aliphatic rings. The molecule has 4 rings (SSSR count). The van der Waals surface area contributed by atoms with Gasteiger partial charge in [0, 0.05) is 11.6 Å². The van der Waals surface area contributed by atoms with Crippen molar-refractivity contribution in [1.29, 1.82) is 0 Å². The summed E-state index contributed by atoms with van der Waals surface area (Å²) in [5, 5.41) is 5.01. The number of halogens is 4. The average molecular weight is 437 g/mol. The van der Waals surface area contributed by atoms with E-state index in [4.69, 9.17) is 39.5 Å². The fourth-order valence-electron chi connectivity index (χ4n) is 2.68. The van der Waals surface area contributed by atoms with Crippen LogP contribution in [0, 0.1) is 5.82 Å². The van der Waals surface area contributed by atoms with E-state index in [0.717, 1.165) is 6.07 Å². The van der Waals surface area contributed by atoms with Crippen molar-refractivity contribution in [2.24, 2.45) is 0 Å². The van der Waals surface area contributed by atoms with Crippen LogP contribution in [-0.4, -0.2) is 14.6 Å². The van der Waals surface area contributed by atoms with Crippen LogP contribution in [0.15, 0.2) is 59.7 Å². The molecule has 0 unspecified atom stereocenters. The summed E-state index contributed by atoms with van der Waals surface area (Å²) in [4.78, 5) is 16.3. The highest BCUT2D eigenvalue weighted by Crippen LogP contribution is 2.35. The molecule has 0 aliphatic heterocycles. The van der Waals surface area contributed by atoms with Gasteiger partial charge >= 0.3 is 0 Å². The normalized spacial score (nSPS) is 11.0. The second-order valence-electron chi connectivity index (χ2n) is 5.70. The monoisotopic (exact) mass is 435 g/mol. The topological polar surface area (TPSA) is 56.5 Å². The first-order chi connectivity index (χ1) is 13.4. The van der Waals surface area contributed by atoms with Crippen LogP contribution in [0.3, 0.4) is 0 Å². The zero-order valence-corrected chi connectivity index (χ0v) is 16.1. The molecule has 4 aromatic rings. The molecule has 5 nitrogen and oxygen atoms in total. The maximum absolute atomic E-state index is 13.2. The summed E-state index contributed by atoms with van der Waals surface area (Å²) in [5.41, 5.74) is 0.537. The van der Waals surface area contributed by atoms with Gasteiger partial charge in [-0.2, -0.15) is 4.98 Å². The van der Waals surface area contributed by atoms with Crippen LogP contribution >= 0.6 is 34.8 Å². The van der Waals surface area contributed by atoms with E-state index in [1.807, 2.05) is 0 Å². The summed E-state index contributed by atoms with van der Waals surface area (Å²) in [6.07, 6.45) is 1.26. The van der Waals surface area contributed by atoms with Crippen LogP contribution in [0.1, 0.15) is 0 Å². The molecular weight excluding hydrogens is 428 g/mol. The molecule has 0 spiro atoms. The van der Waals surface area contributed by atoms with Gasteiger partial charge in [-0.15, -0.1) is 5.10 Å². The van der Waals surface area contributed by atoms with E-state index in [1.54, 1.807) is 30.3 Å². The second kappa shape index (κ2) is 7.39. The molecule has 0 N–H and O–H groups in total. The van der Waals surface area contributed by atoms with E-state index in [-0.39, 0.29) is 22.2 Å². The van der Waals surface area contributed by atoms with Gasteiger partial charge < -0.3 is 4.74 Å². The van der Waals surface area contributed by atoms with Gasteiger partial charge in [0.1, 0.15) is 17.9 Å². The van der Waals surface area contributed by atoms with Crippen molar-refractivity contribution in [3.63, 3.8) is 0 Å². The van der Waals surface area contributed by atoms with E-state index in [1.165, 1.54) is 23.0 Å². The second-order valence-corrected chi connectivity index (χ2v) is 6.92. The minimum atomic E-state index is -0.493. The number of rotatable bonds is 3. The predicted octanol–water partition coefficient (Wildman–Crippen LogP) is 5.65. The average Bonchev–Trinajstić information content (AvgIpc) is 2.65. The Morgan fingerprint density at radius 2 is 1.68 bits per heavy atom. The lowest BCUT2D eigenvalue weighted by atomic mass is 10.1. The third-order valence-corrected chi connectivity index (χ3v) is 4.84. The Kier molecular flexibility index (Phi) is 4.93. The lowest BCUT2D eigenvalue weighted by Crippen LogP contribution is -2.14. The molecule has 0 radical (unpaired) electrons. The Morgan fingerprint density at radius 1 is 0.929 bits per heavy atom. The van der Waals surface area contributed by atoms with E-state index < -0.39 is 11.4 Å². The van der Waals surface area contributed by atoms with Gasteiger partial charge in [0.25, 0.3) is 5.56 Å². The summed E-state index contributed by atoms with van der Waals surface area (Å²) in [6, 6.07) is 11.9. The van der Waals surface area contributed by atoms with Crippen molar-refractivity contribution in [3.8, 4) is 22.8 Å². The molecule has 2 heterocycles. The van der Waals surface area contributed by atoms with Gasteiger partial charge in [-0.3, -0.25) is 4.79 Å². The lowest BCUT2D eigenvalue weighted by molar-refractivity contribution is 0.450. The van der Waals surface area contributed by atoms with Crippen molar-refractivity contribution in [2.45, 2.75) is 0 Å². The van der Waals surface area contributed by atoms with E-state index in [0.29, 0.717) is 21.1 Å². The van der Waals surface area contributed by atoms with Crippen molar-refractivity contribution >= 4 is 40.3 Å². The SMILES string of the molecule is O=c1ncn2nc(Oc3ccc(F)cc3Cl)ccc2c1-c1c(Cl)cccc1Cl. The fraction of sp³-hybridized carbons (Fsp3) is 0. The molecule has 28 heavy (non-hydrogen) atoms. The van der Waals surface area contributed by atoms with Gasteiger partial charge in [-0.25, -0.2) is 8.91 Å². The van der Waals surface area contributed by atoms with Gasteiger partial charge in [0.2, 0.25) is 5.88 Å². The highest BCUT2D eigenvalue weighted by atomic mass is 35.5. The van der Waals surface area contributed by atoms with Crippen molar-refractivity contribution in [1.82, 2.24) is 14.6 Å². The predicted molar refractivity (Wildman–Crippen MR) is 106 cm³/mol. The molecule has 0 fully saturated rings. The quantitative estimate of drug-likeness (QED) is 0.416. The van der Waals surface area contributed by atoms with Crippen molar-refractivity contribution in [3.05, 3.63) is 86.1 Å². The molecular formula is C19H9Cl3FN3O2. The largest absolute Gasteiger partial charge is 0.436 e. The summed E-state index contributed by atoms with van der Waals surface area (Å²) < 4.78 is 20.2. The minimum absolute atomic E-state index is 0.100. The molecule has 0 saturated carbocycles. The molecule has 2 aromatic carbocycles. The fourth-order valence-corrected chi connectivity index (χ4v) is 3.48. The van der Waals surface area contributed by atoms with Crippen LogP contribution in [0.2, 0.25) is 15.1 Å². The van der Waals surface area contributed by atoms with Crippen LogP contribution in [0.25, 0.3) is 16.6 Å². The van der Waals surface area contributed by atoms with E-state index >= 15 is 0 Å². The molecule has 9 heteroatoms. The number of hydrogen-bond donors (Lipinski definition) is 0. The molecule has 0 amide bonds. The smallest absolute Gasteiger partial charge is 0.281 e. The van der Waals surface area contributed by atoms with Crippen LogP contribution in [0.4, 0.5) is 4.39 Å². The first-order valence-corrected chi connectivity index (χ1v) is 9.03. The third kappa shape index (κ3) is 3.42. The standard InChI is InChI=1S/C19H9Cl3FN3O2/c20-11-2-1-3-12(21)17(11)18-14-5-7-16(25-26(14)9-24-19(18)27)28-15-6-4-10(23)8-13(15)22/h1-9H. The summed E-state index contributed by atoms with van der Waals surface area (Å²) >= 11 is 18.5. The maximum atomic E-state index is 13.2. The van der Waals surface area contributed by atoms with Gasteiger partial charge in [0.15, 0.2) is 0 Å². The Labute approximate surface area is 172 Å². The third-order valence-electron chi connectivity index (χ3n) is 3.91. The van der Waals surface area contributed by atoms with Gasteiger partial charge in [-0.1, -0.05) is 40.9 Å². The summed E-state index contributed by atoms with van der Waals surface area (Å²) in [5.74, 6) is -0.0763. The van der Waals surface area contributed by atoms with Crippen molar-refractivity contribution < 1.29 is 9.13 Å². The molecule has 0 saturated heterocycles. The Morgan fingerprint density at radius 3 is 2.39 bits per heavy atom. The van der Waals surface area contributed by atoms with Gasteiger partial charge in [0.05, 0.1) is 26.1 Å². The molecule has 0 atom stereocenters. The van der Waals surface area contributed by atoms with E-state index in [9.17, 15) is 9.18 Å². The Bertz CT molecular complexity index is 1260.